The van der Waals surface area contributed by atoms with Gasteiger partial charge in [-0.05, 0) is 37.9 Å². The van der Waals surface area contributed by atoms with E-state index in [-0.39, 0.29) is 11.9 Å². The maximum atomic E-state index is 13.6. The molecule has 1 aliphatic rings. The quantitative estimate of drug-likeness (QED) is 0.899. The van der Waals surface area contributed by atoms with E-state index >= 15 is 0 Å². The van der Waals surface area contributed by atoms with Gasteiger partial charge in [0.2, 0.25) is 0 Å². The Labute approximate surface area is 117 Å². The van der Waals surface area contributed by atoms with Crippen LogP contribution in [0.4, 0.5) is 4.39 Å². The van der Waals surface area contributed by atoms with Gasteiger partial charge in [0.1, 0.15) is 5.82 Å². The summed E-state index contributed by atoms with van der Waals surface area (Å²) in [6.45, 7) is 0. The van der Waals surface area contributed by atoms with Crippen molar-refractivity contribution >= 4 is 10.8 Å². The van der Waals surface area contributed by atoms with Gasteiger partial charge in [0.25, 0.3) is 0 Å². The first kappa shape index (κ1) is 14.7. The van der Waals surface area contributed by atoms with Gasteiger partial charge in [-0.1, -0.05) is 31.4 Å². The molecule has 0 aliphatic heterocycles. The summed E-state index contributed by atoms with van der Waals surface area (Å²) in [5.74, 6) is 0.719. The van der Waals surface area contributed by atoms with Crippen LogP contribution >= 0.6 is 0 Å². The van der Waals surface area contributed by atoms with Crippen LogP contribution in [0, 0.1) is 11.7 Å². The molecule has 0 saturated heterocycles. The third kappa shape index (κ3) is 3.86. The predicted molar refractivity (Wildman–Crippen MR) is 77.1 cm³/mol. The van der Waals surface area contributed by atoms with Gasteiger partial charge in [-0.15, -0.1) is 0 Å². The van der Waals surface area contributed by atoms with E-state index in [0.29, 0.717) is 16.6 Å². The van der Waals surface area contributed by atoms with Gasteiger partial charge in [0.15, 0.2) is 0 Å². The monoisotopic (exact) mass is 283 g/mol. The lowest BCUT2D eigenvalue weighted by molar-refractivity contribution is 0.293. The lowest BCUT2D eigenvalue weighted by atomic mass is 9.84. The molecule has 2 unspecified atom stereocenters. The molecule has 0 spiro atoms. The van der Waals surface area contributed by atoms with Crippen LogP contribution in [0.1, 0.15) is 32.1 Å². The van der Waals surface area contributed by atoms with Crippen LogP contribution in [0.2, 0.25) is 0 Å². The molecular formula is C15H22FNOS. The Balaban J connectivity index is 2.01. The number of hydrogen-bond acceptors (Lipinski definition) is 2. The zero-order valence-electron chi connectivity index (χ0n) is 11.4. The Hall–Kier alpha value is -0.740. The molecule has 2 rings (SSSR count). The third-order valence-corrected chi connectivity index (χ3v) is 5.49. The van der Waals surface area contributed by atoms with Crippen molar-refractivity contribution in [1.82, 2.24) is 5.32 Å². The van der Waals surface area contributed by atoms with Crippen LogP contribution < -0.4 is 5.32 Å². The van der Waals surface area contributed by atoms with Gasteiger partial charge in [-0.25, -0.2) is 4.39 Å². The lowest BCUT2D eigenvalue weighted by Gasteiger charge is -2.29. The molecule has 0 radical (unpaired) electrons. The zero-order chi connectivity index (χ0) is 13.7. The highest BCUT2D eigenvalue weighted by Gasteiger charge is 2.25. The van der Waals surface area contributed by atoms with E-state index in [2.05, 4.69) is 5.32 Å². The molecule has 19 heavy (non-hydrogen) atoms. The minimum absolute atomic E-state index is 0.223. The minimum Gasteiger partial charge on any atom is -0.316 e. The molecule has 1 fully saturated rings. The van der Waals surface area contributed by atoms with Crippen LogP contribution in [0.25, 0.3) is 0 Å². The van der Waals surface area contributed by atoms with Gasteiger partial charge in [0.05, 0.1) is 15.7 Å². The topological polar surface area (TPSA) is 29.1 Å². The Bertz CT molecular complexity index is 432. The lowest BCUT2D eigenvalue weighted by Crippen LogP contribution is -2.39. The van der Waals surface area contributed by atoms with Crippen molar-refractivity contribution in [3.63, 3.8) is 0 Å². The Kier molecular flexibility index (Phi) is 5.52. The first-order valence-corrected chi connectivity index (χ1v) is 8.34. The second-order valence-electron chi connectivity index (χ2n) is 5.24. The van der Waals surface area contributed by atoms with E-state index in [9.17, 15) is 8.60 Å². The Morgan fingerprint density at radius 2 is 2.00 bits per heavy atom. The summed E-state index contributed by atoms with van der Waals surface area (Å²) in [4.78, 5) is 0.332. The van der Waals surface area contributed by atoms with E-state index < -0.39 is 10.8 Å². The predicted octanol–water partition coefficient (Wildman–Crippen LogP) is 3.10. The highest BCUT2D eigenvalue weighted by molar-refractivity contribution is 7.85. The van der Waals surface area contributed by atoms with Gasteiger partial charge in [-0.3, -0.25) is 4.21 Å². The zero-order valence-corrected chi connectivity index (χ0v) is 12.2. The SMILES string of the molecule is CNC(CS(=O)c1ccccc1F)C1CCCCC1. The molecule has 0 heterocycles. The molecule has 1 N–H and O–H groups in total. The highest BCUT2D eigenvalue weighted by atomic mass is 32.2. The maximum Gasteiger partial charge on any atom is 0.139 e. The van der Waals surface area contributed by atoms with Crippen LogP contribution in [0.5, 0.6) is 0 Å². The number of rotatable bonds is 5. The average Bonchev–Trinajstić information content (AvgIpc) is 2.46. The minimum atomic E-state index is -1.26. The summed E-state index contributed by atoms with van der Waals surface area (Å²) in [6.07, 6.45) is 6.22. The molecular weight excluding hydrogens is 261 g/mol. The van der Waals surface area contributed by atoms with Crippen LogP contribution in [-0.4, -0.2) is 23.1 Å². The highest BCUT2D eigenvalue weighted by Crippen LogP contribution is 2.27. The molecule has 1 aliphatic carbocycles. The number of halogens is 1. The molecule has 106 valence electrons. The van der Waals surface area contributed by atoms with Crippen LogP contribution in [0.15, 0.2) is 29.2 Å². The number of hydrogen-bond donors (Lipinski definition) is 1. The molecule has 1 saturated carbocycles. The summed E-state index contributed by atoms with van der Waals surface area (Å²) in [5, 5.41) is 3.28. The van der Waals surface area contributed by atoms with Gasteiger partial charge >= 0.3 is 0 Å². The molecule has 4 heteroatoms. The fourth-order valence-corrected chi connectivity index (χ4v) is 4.33. The normalized spacial score (nSPS) is 20.1. The summed E-state index contributed by atoms with van der Waals surface area (Å²) >= 11 is 0. The van der Waals surface area contributed by atoms with Crippen LogP contribution in [0.3, 0.4) is 0 Å². The van der Waals surface area contributed by atoms with Gasteiger partial charge in [0, 0.05) is 11.8 Å². The summed E-state index contributed by atoms with van der Waals surface area (Å²) in [6, 6.07) is 6.60. The van der Waals surface area contributed by atoms with Crippen molar-refractivity contribution in [1.29, 1.82) is 0 Å². The van der Waals surface area contributed by atoms with Gasteiger partial charge in [-0.2, -0.15) is 0 Å². The van der Waals surface area contributed by atoms with E-state index in [1.807, 2.05) is 7.05 Å². The van der Waals surface area contributed by atoms with Crippen LogP contribution in [-0.2, 0) is 10.8 Å². The fraction of sp³-hybridized carbons (Fsp3) is 0.600. The van der Waals surface area contributed by atoms with Crippen molar-refractivity contribution < 1.29 is 8.60 Å². The van der Waals surface area contributed by atoms with E-state index in [1.54, 1.807) is 18.2 Å². The molecule has 2 atom stereocenters. The standard InChI is InChI=1S/C15H22FNOS/c1-17-14(12-7-3-2-4-8-12)11-19(18)15-10-6-5-9-13(15)16/h5-6,9-10,12,14,17H,2-4,7-8,11H2,1H3. The third-order valence-electron chi connectivity index (χ3n) is 4.00. The Morgan fingerprint density at radius 3 is 2.63 bits per heavy atom. The van der Waals surface area contributed by atoms with Crippen molar-refractivity contribution in [3.05, 3.63) is 30.1 Å². The van der Waals surface area contributed by atoms with Crippen molar-refractivity contribution in [3.8, 4) is 0 Å². The smallest absolute Gasteiger partial charge is 0.139 e. The van der Waals surface area contributed by atoms with Crippen molar-refractivity contribution in [2.24, 2.45) is 5.92 Å². The number of nitrogens with one attached hydrogen (secondary N) is 1. The molecule has 2 nitrogen and oxygen atoms in total. The Morgan fingerprint density at radius 1 is 1.32 bits per heavy atom. The first-order valence-electron chi connectivity index (χ1n) is 7.02. The molecule has 1 aromatic rings. The number of benzene rings is 1. The molecule has 0 amide bonds. The summed E-state index contributed by atoms with van der Waals surface area (Å²) in [5.41, 5.74) is 0. The molecule has 1 aromatic carbocycles. The van der Waals surface area contributed by atoms with Crippen molar-refractivity contribution in [2.75, 3.05) is 12.8 Å². The van der Waals surface area contributed by atoms with E-state index in [4.69, 9.17) is 0 Å². The summed E-state index contributed by atoms with van der Waals surface area (Å²) < 4.78 is 25.9. The van der Waals surface area contributed by atoms with E-state index in [1.165, 1.54) is 38.2 Å². The molecule has 0 bridgehead atoms. The fourth-order valence-electron chi connectivity index (χ4n) is 2.87. The maximum absolute atomic E-state index is 13.6. The second kappa shape index (κ2) is 7.15. The molecule has 0 aromatic heterocycles. The second-order valence-corrected chi connectivity index (χ2v) is 6.70. The average molecular weight is 283 g/mol. The summed E-state index contributed by atoms with van der Waals surface area (Å²) in [7, 11) is 0.650. The van der Waals surface area contributed by atoms with Crippen molar-refractivity contribution in [2.45, 2.75) is 43.0 Å². The van der Waals surface area contributed by atoms with Gasteiger partial charge < -0.3 is 5.32 Å². The largest absolute Gasteiger partial charge is 0.316 e. The first-order chi connectivity index (χ1) is 9.22. The van der Waals surface area contributed by atoms with E-state index in [0.717, 1.165) is 0 Å².